The lowest BCUT2D eigenvalue weighted by molar-refractivity contribution is 0.443. The molecule has 0 N–H and O–H groups in total. The minimum atomic E-state index is -0.495. The maximum Gasteiger partial charge on any atom is 0.0714 e. The predicted octanol–water partition coefficient (Wildman–Crippen LogP) is 15.7. The number of fused-ring (bicyclic) bond motifs is 4. The van der Waals surface area contributed by atoms with E-state index in [4.69, 9.17) is 0 Å². The van der Waals surface area contributed by atoms with Crippen molar-refractivity contribution in [2.45, 2.75) is 69.6 Å². The highest BCUT2D eigenvalue weighted by Gasteiger charge is 2.46. The molecule has 58 heavy (non-hydrogen) atoms. The van der Waals surface area contributed by atoms with Gasteiger partial charge in [-0.15, -0.1) is 0 Å². The van der Waals surface area contributed by atoms with Gasteiger partial charge in [0.05, 0.1) is 11.1 Å². The van der Waals surface area contributed by atoms with Crippen molar-refractivity contribution >= 4 is 27.8 Å². The van der Waals surface area contributed by atoms with Gasteiger partial charge in [-0.3, -0.25) is 0 Å². The minimum absolute atomic E-state index is 0.0461. The second kappa shape index (κ2) is 14.6. The van der Waals surface area contributed by atoms with Crippen molar-refractivity contribution in [1.82, 2.24) is 0 Å². The minimum Gasteiger partial charge on any atom is -0.310 e. The first kappa shape index (κ1) is 36.2. The van der Waals surface area contributed by atoms with Crippen LogP contribution < -0.4 is 4.90 Å². The molecule has 0 aromatic heterocycles. The fraction of sp³-hybridized carbons (Fsp3) is 0.193. The summed E-state index contributed by atoms with van der Waals surface area (Å²) in [6.45, 7) is 7.01. The molecular formula is C57H51N. The fourth-order valence-corrected chi connectivity index (χ4v) is 10.4. The van der Waals surface area contributed by atoms with Crippen LogP contribution >= 0.6 is 0 Å². The second-order valence-electron chi connectivity index (χ2n) is 17.5. The maximum atomic E-state index is 2.58. The first-order chi connectivity index (χ1) is 28.4. The lowest BCUT2D eigenvalue weighted by Gasteiger charge is -2.35. The van der Waals surface area contributed by atoms with E-state index in [0.717, 1.165) is 5.69 Å². The van der Waals surface area contributed by atoms with Crippen LogP contribution in [0.25, 0.3) is 33.0 Å². The molecule has 8 aromatic carbocycles. The molecule has 0 amide bonds. The van der Waals surface area contributed by atoms with Gasteiger partial charge < -0.3 is 4.90 Å². The third-order valence-electron chi connectivity index (χ3n) is 13.0. The largest absolute Gasteiger partial charge is 0.310 e. The van der Waals surface area contributed by atoms with E-state index >= 15 is 0 Å². The van der Waals surface area contributed by atoms with Crippen molar-refractivity contribution in [1.29, 1.82) is 0 Å². The van der Waals surface area contributed by atoms with Gasteiger partial charge in [0.1, 0.15) is 0 Å². The summed E-state index contributed by atoms with van der Waals surface area (Å²) in [6.07, 6.45) is 6.49. The molecule has 284 valence electrons. The molecule has 0 atom stereocenters. The van der Waals surface area contributed by atoms with Crippen LogP contribution in [0.15, 0.2) is 188 Å². The third kappa shape index (κ3) is 6.07. The Hall–Kier alpha value is -6.18. The molecule has 1 fully saturated rings. The Labute approximate surface area is 344 Å². The first-order valence-corrected chi connectivity index (χ1v) is 21.3. The van der Waals surface area contributed by atoms with Crippen molar-refractivity contribution in [3.8, 4) is 22.3 Å². The Morgan fingerprint density at radius 3 is 1.74 bits per heavy atom. The monoisotopic (exact) mass is 749 g/mol. The number of benzene rings is 8. The average molecular weight is 750 g/mol. The summed E-state index contributed by atoms with van der Waals surface area (Å²) in [5, 5.41) is 2.48. The number of rotatable bonds is 7. The van der Waals surface area contributed by atoms with Crippen molar-refractivity contribution in [3.63, 3.8) is 0 Å². The molecule has 10 rings (SSSR count). The van der Waals surface area contributed by atoms with Crippen LogP contribution in [0.4, 0.5) is 17.1 Å². The van der Waals surface area contributed by atoms with Crippen molar-refractivity contribution in [2.75, 3.05) is 4.90 Å². The van der Waals surface area contributed by atoms with E-state index in [0.29, 0.717) is 5.92 Å². The molecule has 0 heterocycles. The normalized spacial score (nSPS) is 14.9. The summed E-state index contributed by atoms with van der Waals surface area (Å²) in [7, 11) is 0. The standard InChI is InChI=1S/C57H51N/c1-56(2,3)52-32-17-15-31-49(52)51-37-42-22-13-14-23-43(42)38-55(51)58(46-29-19-24-41(36-46)40-20-7-4-8-21-40)47-34-35-50-48-30-16-18-33-53(48)57(54(50)39-47,44-25-9-5-10-26-44)45-27-11-6-12-28-45/h5-6,9-19,22-40H,4,7-8,20-21H2,1-3H3. The molecule has 0 saturated heterocycles. The van der Waals surface area contributed by atoms with E-state index in [2.05, 4.69) is 214 Å². The molecule has 1 nitrogen and oxygen atoms in total. The maximum absolute atomic E-state index is 2.58. The highest BCUT2D eigenvalue weighted by molar-refractivity contribution is 6.00. The van der Waals surface area contributed by atoms with E-state index in [-0.39, 0.29) is 5.41 Å². The quantitative estimate of drug-likeness (QED) is 0.157. The van der Waals surface area contributed by atoms with Gasteiger partial charge in [-0.2, -0.15) is 0 Å². The lowest BCUT2D eigenvalue weighted by Crippen LogP contribution is -2.28. The third-order valence-corrected chi connectivity index (χ3v) is 13.0. The zero-order chi connectivity index (χ0) is 39.3. The topological polar surface area (TPSA) is 3.24 Å². The van der Waals surface area contributed by atoms with Crippen LogP contribution in [-0.2, 0) is 10.8 Å². The van der Waals surface area contributed by atoms with Gasteiger partial charge in [0.25, 0.3) is 0 Å². The van der Waals surface area contributed by atoms with Gasteiger partial charge in [-0.05, 0) is 121 Å². The summed E-state index contributed by atoms with van der Waals surface area (Å²) in [5.41, 5.74) is 16.1. The average Bonchev–Trinajstić information content (AvgIpc) is 3.57. The molecule has 0 unspecified atom stereocenters. The van der Waals surface area contributed by atoms with Gasteiger partial charge >= 0.3 is 0 Å². The van der Waals surface area contributed by atoms with E-state index < -0.39 is 5.41 Å². The fourth-order valence-electron chi connectivity index (χ4n) is 10.4. The van der Waals surface area contributed by atoms with Crippen LogP contribution in [0, 0.1) is 0 Å². The van der Waals surface area contributed by atoms with Gasteiger partial charge in [0.15, 0.2) is 0 Å². The van der Waals surface area contributed by atoms with Gasteiger partial charge in [0, 0.05) is 16.9 Å². The highest BCUT2D eigenvalue weighted by atomic mass is 15.1. The Morgan fingerprint density at radius 1 is 0.448 bits per heavy atom. The summed E-state index contributed by atoms with van der Waals surface area (Å²) in [5.74, 6) is 0.589. The molecule has 2 aliphatic carbocycles. The molecule has 0 aliphatic heterocycles. The van der Waals surface area contributed by atoms with Crippen molar-refractivity contribution in [2.24, 2.45) is 0 Å². The van der Waals surface area contributed by atoms with Gasteiger partial charge in [-0.1, -0.05) is 192 Å². The zero-order valence-corrected chi connectivity index (χ0v) is 34.0. The molecule has 0 radical (unpaired) electrons. The molecular weight excluding hydrogens is 699 g/mol. The van der Waals surface area contributed by atoms with Crippen LogP contribution in [0.2, 0.25) is 0 Å². The molecule has 0 spiro atoms. The summed E-state index contributed by atoms with van der Waals surface area (Å²) in [6, 6.07) is 71.1. The van der Waals surface area contributed by atoms with Crippen LogP contribution in [0.3, 0.4) is 0 Å². The van der Waals surface area contributed by atoms with Crippen molar-refractivity contribution < 1.29 is 0 Å². The first-order valence-electron chi connectivity index (χ1n) is 21.3. The Kier molecular flexibility index (Phi) is 9.13. The summed E-state index contributed by atoms with van der Waals surface area (Å²) < 4.78 is 0. The molecule has 1 heteroatoms. The number of nitrogens with zero attached hydrogens (tertiary/aromatic N) is 1. The van der Waals surface area contributed by atoms with Crippen LogP contribution in [0.5, 0.6) is 0 Å². The van der Waals surface area contributed by atoms with E-state index in [9.17, 15) is 0 Å². The van der Waals surface area contributed by atoms with E-state index in [1.54, 1.807) is 0 Å². The van der Waals surface area contributed by atoms with Gasteiger partial charge in [-0.25, -0.2) is 0 Å². The van der Waals surface area contributed by atoms with E-state index in [1.807, 2.05) is 0 Å². The highest BCUT2D eigenvalue weighted by Crippen LogP contribution is 2.58. The second-order valence-corrected chi connectivity index (χ2v) is 17.5. The van der Waals surface area contributed by atoms with Crippen molar-refractivity contribution in [3.05, 3.63) is 221 Å². The molecule has 8 aromatic rings. The summed E-state index contributed by atoms with van der Waals surface area (Å²) in [4.78, 5) is 2.58. The molecule has 0 bridgehead atoms. The Morgan fingerprint density at radius 2 is 1.03 bits per heavy atom. The molecule has 1 saturated carbocycles. The smallest absolute Gasteiger partial charge is 0.0714 e. The van der Waals surface area contributed by atoms with E-state index in [1.165, 1.54) is 110 Å². The van der Waals surface area contributed by atoms with Crippen LogP contribution in [0.1, 0.15) is 92.2 Å². The summed E-state index contributed by atoms with van der Waals surface area (Å²) >= 11 is 0. The van der Waals surface area contributed by atoms with Crippen LogP contribution in [-0.4, -0.2) is 0 Å². The molecule has 2 aliphatic rings. The number of anilines is 3. The Bertz CT molecular complexity index is 2710. The predicted molar refractivity (Wildman–Crippen MR) is 246 cm³/mol. The van der Waals surface area contributed by atoms with Gasteiger partial charge in [0.2, 0.25) is 0 Å². The number of hydrogen-bond donors (Lipinski definition) is 0. The SMILES string of the molecule is CC(C)(C)c1ccccc1-c1cc2ccccc2cc1N(c1cccc(C2CCCCC2)c1)c1ccc2c(c1)C(c1ccccc1)(c1ccccc1)c1ccccc1-2. The lowest BCUT2D eigenvalue weighted by atomic mass is 9.67. The number of hydrogen-bond acceptors (Lipinski definition) is 1. The zero-order valence-electron chi connectivity index (χ0n) is 34.0. The Balaban J connectivity index is 1.29.